The zero-order valence-corrected chi connectivity index (χ0v) is 23.9. The number of nitrogens with zero attached hydrogens (tertiary/aromatic N) is 1. The minimum Gasteiger partial charge on any atom is -0.475 e. The van der Waals surface area contributed by atoms with E-state index < -0.39 is 60.7 Å². The third-order valence-electron chi connectivity index (χ3n) is 8.72. The van der Waals surface area contributed by atoms with Gasteiger partial charge in [0.1, 0.15) is 12.1 Å². The molecular weight excluding hydrogens is 531 g/mol. The van der Waals surface area contributed by atoms with E-state index in [1.165, 1.54) is 4.90 Å². The summed E-state index contributed by atoms with van der Waals surface area (Å²) in [5.74, 6) is -5.52. The quantitative estimate of drug-likeness (QED) is 0.343. The van der Waals surface area contributed by atoms with Crippen molar-refractivity contribution in [2.45, 2.75) is 110 Å². The molecule has 9 nitrogen and oxygen atoms in total. The molecule has 3 rings (SSSR count). The highest BCUT2D eigenvalue weighted by molar-refractivity contribution is 6.35. The van der Waals surface area contributed by atoms with Crippen LogP contribution < -0.4 is 10.6 Å². The Labute approximate surface area is 233 Å². The third kappa shape index (κ3) is 7.54. The van der Waals surface area contributed by atoms with E-state index in [-0.39, 0.29) is 47.5 Å². The first-order valence-electron chi connectivity index (χ1n) is 14.1. The molecule has 1 heterocycles. The Balaban J connectivity index is 1.86. The standard InChI is InChI=1S/C28H42F3N3O6/c1-26(2,3)13-18(35)33-20(15-9-7-6-8-10-15)24(38)34-14-16-19(27(16,4)5)21(34)23(37)32-17(22(36)25(39)40)11-12-28(29,30)31/h15-17,19-21H,6-14H2,1-5H3,(H,32,37)(H,33,35)(H,39,40)/t16-,17?,19-,20-,21-/m0/s1. The van der Waals surface area contributed by atoms with Crippen LogP contribution in [-0.4, -0.2) is 70.3 Å². The number of carbonyl (C=O) groups is 5. The van der Waals surface area contributed by atoms with Gasteiger partial charge in [0.25, 0.3) is 5.78 Å². The van der Waals surface area contributed by atoms with Gasteiger partial charge in [0, 0.05) is 19.4 Å². The van der Waals surface area contributed by atoms with Crippen LogP contribution in [0.3, 0.4) is 0 Å². The SMILES string of the molecule is CC(C)(C)CC(=O)N[C@H](C(=O)N1C[C@H]2[C@@H]([C@H]1C(=O)NC(CCC(F)(F)F)C(=O)C(=O)O)C2(C)C)C1CCCCC1. The van der Waals surface area contributed by atoms with E-state index in [9.17, 15) is 37.1 Å². The van der Waals surface area contributed by atoms with Crippen LogP contribution in [0, 0.1) is 28.6 Å². The Morgan fingerprint density at radius 3 is 2.12 bits per heavy atom. The van der Waals surface area contributed by atoms with E-state index in [0.717, 1.165) is 32.1 Å². The van der Waals surface area contributed by atoms with Gasteiger partial charge in [0.2, 0.25) is 17.7 Å². The summed E-state index contributed by atoms with van der Waals surface area (Å²) in [6.45, 7) is 9.82. The van der Waals surface area contributed by atoms with E-state index in [1.807, 2.05) is 34.6 Å². The number of likely N-dealkylation sites (tertiary alicyclic amines) is 1. The molecule has 5 atom stereocenters. The number of ketones is 1. The molecule has 3 N–H and O–H groups in total. The second kappa shape index (κ2) is 11.7. The average molecular weight is 574 g/mol. The smallest absolute Gasteiger partial charge is 0.389 e. The lowest BCUT2D eigenvalue weighted by atomic mass is 9.82. The van der Waals surface area contributed by atoms with Crippen LogP contribution in [0.2, 0.25) is 0 Å². The van der Waals surface area contributed by atoms with Crippen molar-refractivity contribution in [3.8, 4) is 0 Å². The molecule has 3 aliphatic rings. The highest BCUT2D eigenvalue weighted by atomic mass is 19.4. The molecule has 1 aliphatic heterocycles. The summed E-state index contributed by atoms with van der Waals surface area (Å²) in [4.78, 5) is 65.4. The third-order valence-corrected chi connectivity index (χ3v) is 8.72. The first-order valence-corrected chi connectivity index (χ1v) is 14.1. The van der Waals surface area contributed by atoms with Crippen LogP contribution in [0.4, 0.5) is 13.2 Å². The molecule has 0 spiro atoms. The summed E-state index contributed by atoms with van der Waals surface area (Å²) >= 11 is 0. The van der Waals surface area contributed by atoms with Gasteiger partial charge in [-0.15, -0.1) is 0 Å². The van der Waals surface area contributed by atoms with Crippen molar-refractivity contribution in [3.63, 3.8) is 0 Å². The van der Waals surface area contributed by atoms with Gasteiger partial charge in [-0.2, -0.15) is 13.2 Å². The number of carboxylic acid groups (broad SMARTS) is 1. The van der Waals surface area contributed by atoms with E-state index in [0.29, 0.717) is 0 Å². The van der Waals surface area contributed by atoms with Crippen molar-refractivity contribution in [2.75, 3.05) is 6.54 Å². The molecule has 0 bridgehead atoms. The molecule has 0 radical (unpaired) electrons. The van der Waals surface area contributed by atoms with Crippen LogP contribution in [-0.2, 0) is 24.0 Å². The van der Waals surface area contributed by atoms with Gasteiger partial charge in [-0.1, -0.05) is 53.9 Å². The zero-order chi connectivity index (χ0) is 30.2. The maximum Gasteiger partial charge on any atom is 0.389 e. The second-order valence-corrected chi connectivity index (χ2v) is 13.5. The van der Waals surface area contributed by atoms with Gasteiger partial charge >= 0.3 is 12.1 Å². The Morgan fingerprint density at radius 2 is 1.60 bits per heavy atom. The van der Waals surface area contributed by atoms with Crippen LogP contribution >= 0.6 is 0 Å². The van der Waals surface area contributed by atoms with Crippen molar-refractivity contribution < 1.29 is 42.3 Å². The highest BCUT2D eigenvalue weighted by Gasteiger charge is 2.69. The minimum atomic E-state index is -4.65. The number of nitrogens with one attached hydrogen (secondary N) is 2. The maximum absolute atomic E-state index is 14.0. The zero-order valence-electron chi connectivity index (χ0n) is 23.9. The van der Waals surface area contributed by atoms with Crippen molar-refractivity contribution in [1.29, 1.82) is 0 Å². The molecule has 40 heavy (non-hydrogen) atoms. The van der Waals surface area contributed by atoms with Crippen LogP contribution in [0.15, 0.2) is 0 Å². The lowest BCUT2D eigenvalue weighted by Gasteiger charge is -2.37. The molecule has 3 fully saturated rings. The molecule has 0 aromatic rings. The first kappa shape index (κ1) is 31.9. The number of Topliss-reactive ketones (excluding diaryl/α,β-unsaturated/α-hetero) is 1. The molecule has 3 amide bonds. The highest BCUT2D eigenvalue weighted by Crippen LogP contribution is 2.65. The monoisotopic (exact) mass is 573 g/mol. The fourth-order valence-electron chi connectivity index (χ4n) is 6.53. The Kier molecular flexibility index (Phi) is 9.30. The molecular formula is C28H42F3N3O6. The van der Waals surface area contributed by atoms with Gasteiger partial charge in [0.15, 0.2) is 0 Å². The summed E-state index contributed by atoms with van der Waals surface area (Å²) in [5.41, 5.74) is -0.638. The number of alkyl halides is 3. The first-order chi connectivity index (χ1) is 18.3. The number of rotatable bonds is 10. The fourth-order valence-corrected chi connectivity index (χ4v) is 6.53. The number of carboxylic acids is 1. The van der Waals surface area contributed by atoms with Gasteiger partial charge in [-0.25, -0.2) is 4.79 Å². The molecule has 226 valence electrons. The topological polar surface area (TPSA) is 133 Å². The summed E-state index contributed by atoms with van der Waals surface area (Å²) in [6.07, 6.45) is -2.52. The summed E-state index contributed by atoms with van der Waals surface area (Å²) < 4.78 is 38.6. The minimum absolute atomic E-state index is 0.0479. The fraction of sp³-hybridized carbons (Fsp3) is 0.821. The van der Waals surface area contributed by atoms with Crippen LogP contribution in [0.25, 0.3) is 0 Å². The molecule has 2 saturated carbocycles. The molecule has 1 saturated heterocycles. The molecule has 0 aromatic carbocycles. The Morgan fingerprint density at radius 1 is 1.00 bits per heavy atom. The summed E-state index contributed by atoms with van der Waals surface area (Å²) in [7, 11) is 0. The van der Waals surface area contributed by atoms with Crippen molar-refractivity contribution in [3.05, 3.63) is 0 Å². The van der Waals surface area contributed by atoms with Gasteiger partial charge in [-0.05, 0) is 47.8 Å². The summed E-state index contributed by atoms with van der Waals surface area (Å²) in [6, 6.07) is -3.83. The van der Waals surface area contributed by atoms with Crippen LogP contribution in [0.1, 0.15) is 86.0 Å². The number of carbonyl (C=O) groups excluding carboxylic acids is 4. The van der Waals surface area contributed by atoms with Crippen LogP contribution in [0.5, 0.6) is 0 Å². The molecule has 1 unspecified atom stereocenters. The lowest BCUT2D eigenvalue weighted by molar-refractivity contribution is -0.153. The summed E-state index contributed by atoms with van der Waals surface area (Å²) in [5, 5.41) is 14.3. The average Bonchev–Trinajstić information content (AvgIpc) is 3.15. The number of piperidine rings is 1. The maximum atomic E-state index is 14.0. The van der Waals surface area contributed by atoms with Crippen molar-refractivity contribution in [2.24, 2.45) is 28.6 Å². The van der Waals surface area contributed by atoms with Gasteiger partial charge in [0.05, 0.1) is 6.04 Å². The number of aliphatic carboxylic acids is 1. The Bertz CT molecular complexity index is 1020. The predicted molar refractivity (Wildman–Crippen MR) is 139 cm³/mol. The van der Waals surface area contributed by atoms with E-state index in [2.05, 4.69) is 10.6 Å². The van der Waals surface area contributed by atoms with Gasteiger partial charge in [-0.3, -0.25) is 19.2 Å². The van der Waals surface area contributed by atoms with E-state index in [4.69, 9.17) is 5.11 Å². The lowest BCUT2D eigenvalue weighted by Crippen LogP contribution is -2.59. The Hall–Kier alpha value is -2.66. The molecule has 2 aliphatic carbocycles. The van der Waals surface area contributed by atoms with Crippen molar-refractivity contribution >= 4 is 29.5 Å². The second-order valence-electron chi connectivity index (χ2n) is 13.5. The largest absolute Gasteiger partial charge is 0.475 e. The van der Waals surface area contributed by atoms with E-state index >= 15 is 0 Å². The number of amides is 3. The van der Waals surface area contributed by atoms with Gasteiger partial charge < -0.3 is 20.6 Å². The van der Waals surface area contributed by atoms with E-state index in [1.54, 1.807) is 0 Å². The number of halogens is 3. The number of hydrogen-bond acceptors (Lipinski definition) is 5. The molecule has 12 heteroatoms. The molecule has 0 aromatic heterocycles. The predicted octanol–water partition coefficient (Wildman–Crippen LogP) is 3.45. The normalized spacial score (nSPS) is 25.9. The van der Waals surface area contributed by atoms with Crippen molar-refractivity contribution in [1.82, 2.24) is 15.5 Å². The number of fused-ring (bicyclic) bond motifs is 1. The number of hydrogen-bond donors (Lipinski definition) is 3.